The smallest absolute Gasteiger partial charge is 0.264 e. The van der Waals surface area contributed by atoms with Crippen molar-refractivity contribution >= 4 is 50.7 Å². The minimum absolute atomic E-state index is 0.0540. The Hall–Kier alpha value is -3.07. The Morgan fingerprint density at radius 2 is 1.62 bits per heavy atom. The summed E-state index contributed by atoms with van der Waals surface area (Å²) in [6, 6.07) is 17.6. The maximum absolute atomic E-state index is 14.2. The summed E-state index contributed by atoms with van der Waals surface area (Å²) in [5.74, 6) is -0.756. The van der Waals surface area contributed by atoms with Crippen LogP contribution in [0, 0.1) is 13.8 Å². The highest BCUT2D eigenvalue weighted by Crippen LogP contribution is 2.28. The van der Waals surface area contributed by atoms with Crippen molar-refractivity contribution in [1.82, 2.24) is 10.2 Å². The summed E-state index contributed by atoms with van der Waals surface area (Å²) >= 11 is 12.4. The first-order valence-electron chi connectivity index (χ1n) is 14.2. The molecule has 1 aliphatic carbocycles. The van der Waals surface area contributed by atoms with Crippen molar-refractivity contribution in [2.45, 2.75) is 76.4 Å². The second kappa shape index (κ2) is 13.9. The number of hydrogen-bond donors (Lipinski definition) is 1. The molecule has 3 aromatic rings. The molecule has 0 saturated heterocycles. The van der Waals surface area contributed by atoms with E-state index >= 15 is 0 Å². The third kappa shape index (κ3) is 7.46. The van der Waals surface area contributed by atoms with Gasteiger partial charge in [-0.25, -0.2) is 8.42 Å². The van der Waals surface area contributed by atoms with E-state index in [0.29, 0.717) is 27.7 Å². The molecule has 10 heteroatoms. The Bertz CT molecular complexity index is 1530. The standard InChI is InChI=1S/C32H37Cl2N3O4S/c1-4-30(32(39)35-25-10-8-9-11-25)36(20-24-15-17-28(33)29(34)19-24)31(38)21-37(26-16-14-22(2)23(3)18-26)42(40,41)27-12-6-5-7-13-27/h5-7,12-19,25,30H,4,8-11,20-21H2,1-3H3,(H,35,39)/t30-/m0/s1. The van der Waals surface area contributed by atoms with Crippen LogP contribution in [0.2, 0.25) is 10.0 Å². The van der Waals surface area contributed by atoms with E-state index in [0.717, 1.165) is 41.1 Å². The molecule has 0 aliphatic heterocycles. The van der Waals surface area contributed by atoms with Gasteiger partial charge in [-0.2, -0.15) is 0 Å². The highest BCUT2D eigenvalue weighted by atomic mass is 35.5. The monoisotopic (exact) mass is 629 g/mol. The zero-order valence-corrected chi connectivity index (χ0v) is 26.5. The Kier molecular flexibility index (Phi) is 10.6. The van der Waals surface area contributed by atoms with Gasteiger partial charge in [0.25, 0.3) is 10.0 Å². The fourth-order valence-corrected chi connectivity index (χ4v) is 7.00. The van der Waals surface area contributed by atoms with Crippen LogP contribution in [0.25, 0.3) is 0 Å². The first-order valence-corrected chi connectivity index (χ1v) is 16.4. The lowest BCUT2D eigenvalue weighted by Gasteiger charge is -2.34. The maximum Gasteiger partial charge on any atom is 0.264 e. The van der Waals surface area contributed by atoms with Crippen LogP contribution in [-0.2, 0) is 26.2 Å². The number of benzene rings is 3. The van der Waals surface area contributed by atoms with Crippen LogP contribution in [0.4, 0.5) is 5.69 Å². The van der Waals surface area contributed by atoms with E-state index in [1.807, 2.05) is 26.8 Å². The highest BCUT2D eigenvalue weighted by Gasteiger charge is 2.34. The van der Waals surface area contributed by atoms with Gasteiger partial charge in [0.1, 0.15) is 12.6 Å². The van der Waals surface area contributed by atoms with Crippen molar-refractivity contribution in [1.29, 1.82) is 0 Å². The second-order valence-electron chi connectivity index (χ2n) is 10.8. The third-order valence-electron chi connectivity index (χ3n) is 7.81. The van der Waals surface area contributed by atoms with E-state index in [2.05, 4.69) is 5.32 Å². The number of sulfonamides is 1. The zero-order chi connectivity index (χ0) is 30.4. The molecule has 224 valence electrons. The molecule has 4 rings (SSSR count). The van der Waals surface area contributed by atoms with Crippen molar-refractivity contribution in [3.05, 3.63) is 93.5 Å². The van der Waals surface area contributed by atoms with Crippen LogP contribution in [-0.4, -0.2) is 43.8 Å². The van der Waals surface area contributed by atoms with E-state index in [1.54, 1.807) is 48.5 Å². The molecule has 1 atom stereocenters. The number of nitrogens with zero attached hydrogens (tertiary/aromatic N) is 2. The molecule has 1 aliphatic rings. The number of nitrogens with one attached hydrogen (secondary N) is 1. The molecule has 0 aromatic heterocycles. The quantitative estimate of drug-likeness (QED) is 0.256. The predicted octanol–water partition coefficient (Wildman–Crippen LogP) is 6.67. The molecule has 42 heavy (non-hydrogen) atoms. The number of aryl methyl sites for hydroxylation is 2. The highest BCUT2D eigenvalue weighted by molar-refractivity contribution is 7.92. The van der Waals surface area contributed by atoms with Crippen molar-refractivity contribution in [2.75, 3.05) is 10.8 Å². The van der Waals surface area contributed by atoms with Gasteiger partial charge in [-0.1, -0.05) is 73.3 Å². The zero-order valence-electron chi connectivity index (χ0n) is 24.1. The number of carbonyl (C=O) groups excluding carboxylic acids is 2. The molecule has 0 bridgehead atoms. The summed E-state index contributed by atoms with van der Waals surface area (Å²) in [6.45, 7) is 5.24. The molecule has 1 N–H and O–H groups in total. The van der Waals surface area contributed by atoms with Crippen LogP contribution in [0.15, 0.2) is 71.6 Å². The second-order valence-corrected chi connectivity index (χ2v) is 13.5. The molecule has 7 nitrogen and oxygen atoms in total. The minimum Gasteiger partial charge on any atom is -0.352 e. The minimum atomic E-state index is -4.12. The van der Waals surface area contributed by atoms with Crippen LogP contribution in [0.1, 0.15) is 55.7 Å². The van der Waals surface area contributed by atoms with Crippen LogP contribution < -0.4 is 9.62 Å². The fourth-order valence-electron chi connectivity index (χ4n) is 5.25. The first kappa shape index (κ1) is 31.9. The van der Waals surface area contributed by atoms with Gasteiger partial charge in [-0.3, -0.25) is 13.9 Å². The van der Waals surface area contributed by atoms with Gasteiger partial charge in [-0.05, 0) is 86.2 Å². The third-order valence-corrected chi connectivity index (χ3v) is 10.3. The lowest BCUT2D eigenvalue weighted by Crippen LogP contribution is -2.53. The van der Waals surface area contributed by atoms with Gasteiger partial charge in [0.05, 0.1) is 20.6 Å². The molecule has 1 saturated carbocycles. The summed E-state index contributed by atoms with van der Waals surface area (Å²) in [6.07, 6.45) is 4.25. The van der Waals surface area contributed by atoms with Gasteiger partial charge in [-0.15, -0.1) is 0 Å². The van der Waals surface area contributed by atoms with E-state index < -0.39 is 28.5 Å². The lowest BCUT2D eigenvalue weighted by molar-refractivity contribution is -0.140. The van der Waals surface area contributed by atoms with Crippen molar-refractivity contribution in [3.8, 4) is 0 Å². The molecule has 0 heterocycles. The summed E-state index contributed by atoms with van der Waals surface area (Å²) in [4.78, 5) is 29.3. The van der Waals surface area contributed by atoms with Gasteiger partial charge in [0, 0.05) is 12.6 Å². The largest absolute Gasteiger partial charge is 0.352 e. The van der Waals surface area contributed by atoms with Crippen molar-refractivity contribution < 1.29 is 18.0 Å². The number of rotatable bonds is 11. The SMILES string of the molecule is CC[C@@H](C(=O)NC1CCCC1)N(Cc1ccc(Cl)c(Cl)c1)C(=O)CN(c1ccc(C)c(C)c1)S(=O)(=O)c1ccccc1. The van der Waals surface area contributed by atoms with Gasteiger partial charge >= 0.3 is 0 Å². The van der Waals surface area contributed by atoms with E-state index in [4.69, 9.17) is 23.2 Å². The Morgan fingerprint density at radius 1 is 0.929 bits per heavy atom. The summed E-state index contributed by atoms with van der Waals surface area (Å²) in [5, 5.41) is 3.82. The number of anilines is 1. The number of amides is 2. The van der Waals surface area contributed by atoms with Gasteiger partial charge < -0.3 is 10.2 Å². The molecular weight excluding hydrogens is 593 g/mol. The molecule has 0 radical (unpaired) electrons. The maximum atomic E-state index is 14.2. The predicted molar refractivity (Wildman–Crippen MR) is 168 cm³/mol. The van der Waals surface area contributed by atoms with Gasteiger partial charge in [0.15, 0.2) is 0 Å². The van der Waals surface area contributed by atoms with Crippen LogP contribution >= 0.6 is 23.2 Å². The molecule has 1 fully saturated rings. The summed E-state index contributed by atoms with van der Waals surface area (Å²) in [5.41, 5.74) is 2.93. The molecule has 0 spiro atoms. The first-order chi connectivity index (χ1) is 20.0. The van der Waals surface area contributed by atoms with Crippen LogP contribution in [0.3, 0.4) is 0 Å². The normalized spacial score (nSPS) is 14.4. The Labute approximate surface area is 258 Å². The van der Waals surface area contributed by atoms with Crippen molar-refractivity contribution in [2.24, 2.45) is 0 Å². The average Bonchev–Trinajstić information content (AvgIpc) is 3.48. The fraction of sp³-hybridized carbons (Fsp3) is 0.375. The summed E-state index contributed by atoms with van der Waals surface area (Å²) in [7, 11) is -4.12. The average molecular weight is 631 g/mol. The van der Waals surface area contributed by atoms with Gasteiger partial charge in [0.2, 0.25) is 11.8 Å². The Balaban J connectivity index is 1.73. The van der Waals surface area contributed by atoms with Crippen LogP contribution in [0.5, 0.6) is 0 Å². The van der Waals surface area contributed by atoms with E-state index in [1.165, 1.54) is 17.0 Å². The lowest BCUT2D eigenvalue weighted by atomic mass is 10.1. The molecule has 0 unspecified atom stereocenters. The summed E-state index contributed by atoms with van der Waals surface area (Å²) < 4.78 is 29.1. The van der Waals surface area contributed by atoms with Crippen molar-refractivity contribution in [3.63, 3.8) is 0 Å². The molecular formula is C32H37Cl2N3O4S. The molecule has 3 aromatic carbocycles. The number of hydrogen-bond acceptors (Lipinski definition) is 4. The topological polar surface area (TPSA) is 86.8 Å². The van der Waals surface area contributed by atoms with E-state index in [-0.39, 0.29) is 23.4 Å². The molecule has 2 amide bonds. The Morgan fingerprint density at radius 3 is 2.24 bits per heavy atom. The number of carbonyl (C=O) groups is 2. The number of halogens is 2. The van der Waals surface area contributed by atoms with E-state index in [9.17, 15) is 18.0 Å².